The molecule has 0 aromatic rings. The normalized spacial score (nSPS) is 21.4. The zero-order chi connectivity index (χ0) is 30.7. The second-order valence-corrected chi connectivity index (χ2v) is 11.7. The summed E-state index contributed by atoms with van der Waals surface area (Å²) in [5, 5.41) is 17.1. The molecule has 0 aromatic carbocycles. The van der Waals surface area contributed by atoms with Crippen LogP contribution in [-0.4, -0.2) is 112 Å². The third kappa shape index (κ3) is 42.4. The van der Waals surface area contributed by atoms with Crippen molar-refractivity contribution in [3.8, 4) is 0 Å². The lowest BCUT2D eigenvalue weighted by Gasteiger charge is -2.13. The van der Waals surface area contributed by atoms with Crippen molar-refractivity contribution in [3.05, 3.63) is 0 Å². The first-order chi connectivity index (χ1) is 17.5. The van der Waals surface area contributed by atoms with Gasteiger partial charge < -0.3 is 24.6 Å². The van der Waals surface area contributed by atoms with Gasteiger partial charge in [-0.15, -0.1) is 25.3 Å². The quantitative estimate of drug-likeness (QED) is 0.381. The highest BCUT2D eigenvalue weighted by atomic mass is 35.7. The molecule has 38 heavy (non-hydrogen) atoms. The summed E-state index contributed by atoms with van der Waals surface area (Å²) in [5.74, 6) is 0. The van der Waals surface area contributed by atoms with E-state index in [1.54, 1.807) is 0 Å². The van der Waals surface area contributed by atoms with Crippen LogP contribution in [0.5, 0.6) is 0 Å². The fourth-order valence-electron chi connectivity index (χ4n) is 3.10. The number of ether oxygens (including phenoxy) is 2. The fraction of sp³-hybridized carbons (Fsp3) is 1.00. The predicted octanol–water partition coefficient (Wildman–Crippen LogP) is 1.40. The van der Waals surface area contributed by atoms with Crippen LogP contribution in [0.1, 0.15) is 73.1 Å². The van der Waals surface area contributed by atoms with Crippen LogP contribution in [0.4, 0.5) is 0 Å². The van der Waals surface area contributed by atoms with E-state index in [1.165, 1.54) is 45.3 Å². The molecule has 232 valence electrons. The Hall–Kier alpha value is -0.720. The van der Waals surface area contributed by atoms with Crippen molar-refractivity contribution in [1.82, 2.24) is 4.90 Å². The number of rotatable bonds is 7. The first kappa shape index (κ1) is 44.3. The summed E-state index contributed by atoms with van der Waals surface area (Å²) in [6, 6.07) is 0. The van der Waals surface area contributed by atoms with Gasteiger partial charge in [-0.1, -0.05) is 34.6 Å². The van der Waals surface area contributed by atoms with Crippen LogP contribution in [0.3, 0.4) is 0 Å². The molecule has 2 aliphatic rings. The average Bonchev–Trinajstić information content (AvgIpc) is 3.48. The van der Waals surface area contributed by atoms with Gasteiger partial charge in [-0.05, 0) is 58.2 Å². The van der Waals surface area contributed by atoms with E-state index in [1.807, 2.05) is 0 Å². The number of hydrogen-bond acceptors (Lipinski definition) is 13. The summed E-state index contributed by atoms with van der Waals surface area (Å²) in [7, 11) is -4.91. The van der Waals surface area contributed by atoms with Gasteiger partial charge >= 0.3 is 21.2 Å². The predicted molar refractivity (Wildman–Crippen MR) is 144 cm³/mol. The molecule has 0 unspecified atom stereocenters. The van der Waals surface area contributed by atoms with E-state index in [2.05, 4.69) is 50.2 Å². The summed E-state index contributed by atoms with van der Waals surface area (Å²) >= 11 is 0. The highest BCUT2D eigenvalue weighted by molar-refractivity contribution is 8.13. The van der Waals surface area contributed by atoms with Crippen LogP contribution >= 0.6 is 10.7 Å². The van der Waals surface area contributed by atoms with Crippen molar-refractivity contribution in [1.29, 1.82) is 0 Å². The first-order valence-electron chi connectivity index (χ1n) is 12.2. The highest BCUT2D eigenvalue weighted by Crippen LogP contribution is 2.23. The zero-order valence-corrected chi connectivity index (χ0v) is 26.3. The molecule has 13 nitrogen and oxygen atoms in total. The molecule has 2 fully saturated rings. The molecule has 2 N–H and O–H groups in total. The van der Waals surface area contributed by atoms with Gasteiger partial charge in [0.15, 0.2) is 0 Å². The Morgan fingerprint density at radius 3 is 1.00 bits per heavy atom. The Morgan fingerprint density at radius 2 is 0.895 bits per heavy atom. The van der Waals surface area contributed by atoms with E-state index in [4.69, 9.17) is 44.9 Å². The number of nitrogens with zero attached hydrogens (tertiary/aromatic N) is 1. The molecule has 2 saturated heterocycles. The number of aliphatic hydroxyl groups excluding tert-OH is 2. The minimum absolute atomic E-state index is 0.0258. The molecule has 0 bridgehead atoms. The van der Waals surface area contributed by atoms with Crippen LogP contribution in [0.25, 0.3) is 0 Å². The van der Waals surface area contributed by atoms with Gasteiger partial charge in [0.25, 0.3) is 0 Å². The third-order valence-corrected chi connectivity index (χ3v) is 5.05. The minimum Gasteiger partial charge on any atom is -0.394 e. The summed E-state index contributed by atoms with van der Waals surface area (Å²) in [6.07, 6.45) is 8.74. The molecule has 0 aromatic heterocycles. The molecule has 0 aliphatic carbocycles. The van der Waals surface area contributed by atoms with Crippen molar-refractivity contribution in [3.63, 3.8) is 0 Å². The maximum absolute atomic E-state index is 9.40. The lowest BCUT2D eigenvalue weighted by Crippen LogP contribution is -2.21. The van der Waals surface area contributed by atoms with Gasteiger partial charge in [0.05, 0.1) is 43.9 Å². The number of aliphatic hydroxyl groups is 2. The van der Waals surface area contributed by atoms with Crippen molar-refractivity contribution in [2.24, 2.45) is 0 Å². The van der Waals surface area contributed by atoms with Crippen LogP contribution in [-0.2, 0) is 39.7 Å². The summed E-state index contributed by atoms with van der Waals surface area (Å²) < 4.78 is 80.3. The Morgan fingerprint density at radius 1 is 0.684 bits per heavy atom. The highest BCUT2D eigenvalue weighted by Gasteiger charge is 2.23. The van der Waals surface area contributed by atoms with E-state index in [-0.39, 0.29) is 25.4 Å². The maximum atomic E-state index is 9.40. The van der Waals surface area contributed by atoms with Crippen molar-refractivity contribution in [2.75, 3.05) is 39.1 Å². The van der Waals surface area contributed by atoms with Crippen LogP contribution in [0, 0.1) is 0 Å². The van der Waals surface area contributed by atoms with Crippen LogP contribution in [0.2, 0.25) is 0 Å². The van der Waals surface area contributed by atoms with E-state index < -0.39 is 30.3 Å². The number of halogens is 1. The molecule has 0 saturated carbocycles. The van der Waals surface area contributed by atoms with Gasteiger partial charge in [-0.3, -0.25) is 0 Å². The Labute approximate surface area is 235 Å². The molecule has 17 heteroatoms. The van der Waals surface area contributed by atoms with Gasteiger partial charge in [-0.25, -0.2) is 8.42 Å². The van der Waals surface area contributed by atoms with Crippen molar-refractivity contribution >= 4 is 41.0 Å². The standard InChI is InChI=1S/C8H16O.C6H15N.C6H12O3.CH3ClO2S.2O3S/c1-3-7-5-6-8(4-2)9-7;1-4-7(5-2)6-3;7-3-5-1-2-6(4-8)9-5;1-5(2,3)4;2*1-4(2)3/h7-8H,3-6H2,1-2H3;4-6H2,1-3H3;5-8H,1-4H2;1H3;;/t7-,8+;;5-,6+;;;. The van der Waals surface area contributed by atoms with Crippen molar-refractivity contribution < 1.29 is 53.4 Å². The summed E-state index contributed by atoms with van der Waals surface area (Å²) in [5.41, 5.74) is 0. The van der Waals surface area contributed by atoms with Crippen LogP contribution in [0.15, 0.2) is 0 Å². The van der Waals surface area contributed by atoms with Gasteiger partial charge in [-0.2, -0.15) is 0 Å². The second kappa shape index (κ2) is 29.3. The molecular formula is C21H46ClNO12S3. The SMILES string of the molecule is CCN(CC)CC.CC[C@@H]1CC[C@H](CC)O1.CS(=O)(=O)Cl.O=S(=O)=O.O=S(=O)=O.OC[C@@H]1CC[C@H](CO)O1. The van der Waals surface area contributed by atoms with E-state index in [0.717, 1.165) is 19.1 Å². The van der Waals surface area contributed by atoms with E-state index >= 15 is 0 Å². The van der Waals surface area contributed by atoms with Gasteiger partial charge in [0.2, 0.25) is 9.05 Å². The van der Waals surface area contributed by atoms with Crippen molar-refractivity contribution in [2.45, 2.75) is 97.6 Å². The largest absolute Gasteiger partial charge is 0.425 e. The van der Waals surface area contributed by atoms with Crippen LogP contribution < -0.4 is 0 Å². The average molecular weight is 636 g/mol. The lowest BCUT2D eigenvalue weighted by molar-refractivity contribution is -0.0119. The Balaban J connectivity index is -0.000000189. The smallest absolute Gasteiger partial charge is 0.394 e. The molecule has 4 atom stereocenters. The monoisotopic (exact) mass is 635 g/mol. The van der Waals surface area contributed by atoms with Gasteiger partial charge in [0, 0.05) is 10.7 Å². The minimum atomic E-state index is -3.19. The molecule has 0 spiro atoms. The summed E-state index contributed by atoms with van der Waals surface area (Å²) in [4.78, 5) is 2.38. The molecular weight excluding hydrogens is 590 g/mol. The third-order valence-electron chi connectivity index (χ3n) is 5.05. The summed E-state index contributed by atoms with van der Waals surface area (Å²) in [6.45, 7) is 14.7. The maximum Gasteiger partial charge on any atom is 0.425 e. The molecule has 2 aliphatic heterocycles. The molecule has 2 rings (SSSR count). The Kier molecular flexibility index (Phi) is 34.1. The molecule has 0 amide bonds. The lowest BCUT2D eigenvalue weighted by atomic mass is 10.1. The topological polar surface area (TPSA) is 199 Å². The van der Waals surface area contributed by atoms with E-state index in [0.29, 0.717) is 12.2 Å². The molecule has 2 heterocycles. The second-order valence-electron chi connectivity index (χ2n) is 7.81. The van der Waals surface area contributed by atoms with E-state index in [9.17, 15) is 8.42 Å². The fourth-order valence-corrected chi connectivity index (χ4v) is 3.10. The first-order valence-corrected chi connectivity index (χ1v) is 16.9. The number of hydrogen-bond donors (Lipinski definition) is 2. The zero-order valence-electron chi connectivity index (χ0n) is 23.1. The molecule has 0 radical (unpaired) electrons. The Bertz CT molecular complexity index is 752. The van der Waals surface area contributed by atoms with Gasteiger partial charge in [0.1, 0.15) is 0 Å².